The Labute approximate surface area is 290 Å². The van der Waals surface area contributed by atoms with Crippen LogP contribution in [0.2, 0.25) is 0 Å². The van der Waals surface area contributed by atoms with Crippen LogP contribution in [-0.4, -0.2) is 50.2 Å². The molecule has 0 saturated carbocycles. The Kier molecular flexibility index (Phi) is 11.6. The Morgan fingerprint density at radius 2 is 1.63 bits per heavy atom. The number of fused-ring (bicyclic) bond motifs is 1. The summed E-state index contributed by atoms with van der Waals surface area (Å²) in [5.74, 6) is 1.79. The fourth-order valence-corrected chi connectivity index (χ4v) is 6.49. The molecule has 0 aliphatic rings. The third-order valence-corrected chi connectivity index (χ3v) is 9.50. The fourth-order valence-electron chi connectivity index (χ4n) is 6.49. The van der Waals surface area contributed by atoms with E-state index in [0.29, 0.717) is 28.5 Å². The fraction of sp³-hybridized carbons (Fsp3) is 0.366. The molecule has 0 saturated heterocycles. The average molecular weight is 663 g/mol. The highest BCUT2D eigenvalue weighted by molar-refractivity contribution is 6.05. The number of pyridine rings is 1. The van der Waals surface area contributed by atoms with Gasteiger partial charge in [-0.1, -0.05) is 40.2 Å². The summed E-state index contributed by atoms with van der Waals surface area (Å²) in [5.41, 5.74) is 5.24. The molecule has 49 heavy (non-hydrogen) atoms. The Morgan fingerprint density at radius 3 is 2.33 bits per heavy atom. The number of amides is 1. The summed E-state index contributed by atoms with van der Waals surface area (Å²) in [4.78, 5) is 19.8. The first-order chi connectivity index (χ1) is 23.6. The van der Waals surface area contributed by atoms with Gasteiger partial charge < -0.3 is 29.7 Å². The molecule has 5 rings (SSSR count). The summed E-state index contributed by atoms with van der Waals surface area (Å²) in [6.45, 7) is 18.0. The lowest BCUT2D eigenvalue weighted by Crippen LogP contribution is -2.32. The Bertz CT molecular complexity index is 1860. The molecule has 2 heterocycles. The molecule has 3 N–H and O–H groups in total. The quantitative estimate of drug-likeness (QED) is 0.103. The van der Waals surface area contributed by atoms with Crippen LogP contribution in [0.4, 0.5) is 5.69 Å². The van der Waals surface area contributed by atoms with Gasteiger partial charge in [0.05, 0.1) is 5.56 Å². The molecule has 1 amide bonds. The van der Waals surface area contributed by atoms with Crippen molar-refractivity contribution in [2.24, 2.45) is 11.8 Å². The Hall–Kier alpha value is -4.82. The second-order valence-electron chi connectivity index (χ2n) is 13.4. The second kappa shape index (κ2) is 16.1. The normalized spacial score (nSPS) is 12.7. The number of nitrogens with one attached hydrogen (secondary N) is 1. The Morgan fingerprint density at radius 1 is 0.918 bits per heavy atom. The largest absolute Gasteiger partial charge is 0.507 e. The number of ether oxygens (including phenoxy) is 1. The number of benzene rings is 3. The predicted octanol–water partition coefficient (Wildman–Crippen LogP) is 9.56. The van der Waals surface area contributed by atoms with Gasteiger partial charge in [0, 0.05) is 65.5 Å². The number of phenols is 2. The van der Waals surface area contributed by atoms with Crippen molar-refractivity contribution in [2.45, 2.75) is 67.3 Å². The van der Waals surface area contributed by atoms with Gasteiger partial charge in [-0.3, -0.25) is 9.78 Å². The van der Waals surface area contributed by atoms with Gasteiger partial charge in [0.1, 0.15) is 23.0 Å². The zero-order valence-corrected chi connectivity index (χ0v) is 29.7. The van der Waals surface area contributed by atoms with E-state index in [1.807, 2.05) is 12.1 Å². The predicted molar refractivity (Wildman–Crippen MR) is 199 cm³/mol. The molecule has 258 valence electrons. The molecule has 0 aliphatic heterocycles. The number of aromatic nitrogens is 2. The lowest BCUT2D eigenvalue weighted by molar-refractivity contribution is 0.102. The summed E-state index contributed by atoms with van der Waals surface area (Å²) in [5, 5.41) is 25.2. The van der Waals surface area contributed by atoms with Crippen LogP contribution in [0.5, 0.6) is 23.0 Å². The molecule has 0 radical (unpaired) electrons. The minimum absolute atomic E-state index is 0.154. The number of rotatable bonds is 15. The third kappa shape index (κ3) is 8.62. The molecule has 2 unspecified atom stereocenters. The molecule has 5 aromatic rings. The van der Waals surface area contributed by atoms with Crippen LogP contribution in [0.3, 0.4) is 0 Å². The van der Waals surface area contributed by atoms with E-state index in [4.69, 9.17) is 4.74 Å². The van der Waals surface area contributed by atoms with Crippen LogP contribution in [0.25, 0.3) is 22.0 Å². The maximum Gasteiger partial charge on any atom is 0.255 e. The molecule has 0 aliphatic carbocycles. The van der Waals surface area contributed by atoms with Crippen LogP contribution < -0.4 is 10.1 Å². The molecule has 3 aromatic carbocycles. The van der Waals surface area contributed by atoms with Gasteiger partial charge in [-0.15, -0.1) is 0 Å². The monoisotopic (exact) mass is 662 g/mol. The molecule has 0 fully saturated rings. The van der Waals surface area contributed by atoms with Crippen molar-refractivity contribution in [1.82, 2.24) is 14.5 Å². The van der Waals surface area contributed by atoms with Gasteiger partial charge in [0.2, 0.25) is 0 Å². The summed E-state index contributed by atoms with van der Waals surface area (Å²) in [6, 6.07) is 19.4. The number of phenolic OH excluding ortho intramolecular Hbond substituents is 2. The van der Waals surface area contributed by atoms with Crippen molar-refractivity contribution >= 4 is 22.5 Å². The summed E-state index contributed by atoms with van der Waals surface area (Å²) in [6.07, 6.45) is 6.81. The van der Waals surface area contributed by atoms with Gasteiger partial charge in [-0.25, -0.2) is 0 Å². The highest BCUT2D eigenvalue weighted by Gasteiger charge is 2.18. The van der Waals surface area contributed by atoms with Crippen LogP contribution in [-0.2, 0) is 6.54 Å². The molecule has 0 spiro atoms. The zero-order chi connectivity index (χ0) is 35.1. The second-order valence-corrected chi connectivity index (χ2v) is 13.4. The minimum atomic E-state index is -0.397. The number of nitrogens with zero attached hydrogens (tertiary/aromatic N) is 3. The summed E-state index contributed by atoms with van der Waals surface area (Å²) in [7, 11) is 0. The van der Waals surface area contributed by atoms with E-state index in [1.165, 1.54) is 48.2 Å². The smallest absolute Gasteiger partial charge is 0.255 e. The maximum absolute atomic E-state index is 13.2. The number of anilines is 1. The van der Waals surface area contributed by atoms with Gasteiger partial charge in [-0.2, -0.15) is 0 Å². The molecule has 8 nitrogen and oxygen atoms in total. The van der Waals surface area contributed by atoms with Crippen LogP contribution in [0.15, 0.2) is 79.1 Å². The van der Waals surface area contributed by atoms with Crippen molar-refractivity contribution in [2.75, 3.05) is 25.0 Å². The van der Waals surface area contributed by atoms with E-state index in [1.54, 1.807) is 42.7 Å². The van der Waals surface area contributed by atoms with Crippen LogP contribution in [0.1, 0.15) is 68.6 Å². The van der Waals surface area contributed by atoms with Gasteiger partial charge in [0.25, 0.3) is 5.91 Å². The highest BCUT2D eigenvalue weighted by atomic mass is 16.5. The van der Waals surface area contributed by atoms with Crippen molar-refractivity contribution < 1.29 is 19.7 Å². The topological polar surface area (TPSA) is 99.9 Å². The number of hydrogen-bond donors (Lipinski definition) is 3. The maximum atomic E-state index is 13.2. The van der Waals surface area contributed by atoms with Crippen LogP contribution >= 0.6 is 0 Å². The van der Waals surface area contributed by atoms with Crippen molar-refractivity contribution in [3.63, 3.8) is 0 Å². The zero-order valence-electron chi connectivity index (χ0n) is 29.7. The number of aryl methyl sites for hydroxylation is 1. The lowest BCUT2D eigenvalue weighted by Gasteiger charge is -2.27. The molecular weight excluding hydrogens is 612 g/mol. The average Bonchev–Trinajstić information content (AvgIpc) is 3.31. The lowest BCUT2D eigenvalue weighted by atomic mass is 10.0. The highest BCUT2D eigenvalue weighted by Crippen LogP contribution is 2.40. The van der Waals surface area contributed by atoms with Crippen LogP contribution in [0, 0.1) is 25.7 Å². The SMILES string of the molecule is CCCN(CCC(C)CC)CC(C)Cn1c(C)c(C)c2cc(Oc3cccc(C(=O)Nc4cc(O)c(-c5ccncc5)c(O)c4)c3)ccc21. The molecule has 2 aromatic heterocycles. The summed E-state index contributed by atoms with van der Waals surface area (Å²) < 4.78 is 8.72. The molecular formula is C41H50N4O4. The minimum Gasteiger partial charge on any atom is -0.507 e. The first-order valence-electron chi connectivity index (χ1n) is 17.4. The standard InChI is InChI=1S/C41H50N4O4/c1-7-19-44(20-16-27(3)8-2)25-28(4)26-45-30(6)29(5)36-24-35(12-13-37(36)45)49-34-11-9-10-32(21-34)41(48)43-33-22-38(46)40(39(47)23-33)31-14-17-42-18-15-31/h9-15,17-18,21-24,27-28,46-47H,7-8,16,19-20,25-26H2,1-6H3,(H,43,48). The van der Waals surface area contributed by atoms with E-state index >= 15 is 0 Å². The van der Waals surface area contributed by atoms with E-state index in [2.05, 4.69) is 73.4 Å². The van der Waals surface area contributed by atoms with Crippen molar-refractivity contribution in [3.8, 4) is 34.1 Å². The van der Waals surface area contributed by atoms with E-state index in [9.17, 15) is 15.0 Å². The van der Waals surface area contributed by atoms with E-state index < -0.39 is 5.91 Å². The van der Waals surface area contributed by atoms with Crippen molar-refractivity contribution in [3.05, 3.63) is 95.9 Å². The number of carbonyl (C=O) groups excluding carboxylic acids is 1. The van der Waals surface area contributed by atoms with E-state index in [-0.39, 0.29) is 22.7 Å². The van der Waals surface area contributed by atoms with Gasteiger partial charge in [-0.05, 0) is 111 Å². The molecule has 2 atom stereocenters. The number of carbonyl (C=O) groups is 1. The van der Waals surface area contributed by atoms with Crippen molar-refractivity contribution in [1.29, 1.82) is 0 Å². The third-order valence-electron chi connectivity index (χ3n) is 9.50. The molecule has 8 heteroatoms. The first kappa shape index (κ1) is 35.5. The number of hydrogen-bond acceptors (Lipinski definition) is 6. The van der Waals surface area contributed by atoms with Gasteiger partial charge >= 0.3 is 0 Å². The number of aromatic hydroxyl groups is 2. The Balaban J connectivity index is 1.27. The molecule has 0 bridgehead atoms. The van der Waals surface area contributed by atoms with E-state index in [0.717, 1.165) is 37.5 Å². The first-order valence-corrected chi connectivity index (χ1v) is 17.4. The summed E-state index contributed by atoms with van der Waals surface area (Å²) >= 11 is 0. The van der Waals surface area contributed by atoms with Gasteiger partial charge in [0.15, 0.2) is 0 Å².